The number of urea groups is 1. The zero-order valence-corrected chi connectivity index (χ0v) is 11.8. The first kappa shape index (κ1) is 15.8. The fourth-order valence-corrected chi connectivity index (χ4v) is 1.72. The maximum Gasteiger partial charge on any atom is 0.321 e. The molecule has 0 radical (unpaired) electrons. The van der Waals surface area contributed by atoms with Crippen molar-refractivity contribution >= 4 is 17.7 Å². The lowest BCUT2D eigenvalue weighted by Gasteiger charge is -2.25. The van der Waals surface area contributed by atoms with Gasteiger partial charge in [0.1, 0.15) is 5.75 Å². The summed E-state index contributed by atoms with van der Waals surface area (Å²) in [7, 11) is 1.56. The first-order valence-corrected chi connectivity index (χ1v) is 6.36. The Kier molecular flexibility index (Phi) is 5.37. The fourth-order valence-electron chi connectivity index (χ4n) is 1.72. The van der Waals surface area contributed by atoms with Gasteiger partial charge in [-0.1, -0.05) is 19.9 Å². The summed E-state index contributed by atoms with van der Waals surface area (Å²) in [6.07, 6.45) is -0.128. The van der Waals surface area contributed by atoms with Crippen LogP contribution in [0, 0.1) is 5.92 Å². The molecule has 1 rings (SSSR count). The number of nitrogens with zero attached hydrogens (tertiary/aromatic N) is 1. The molecule has 1 atom stereocenters. The molecule has 2 amide bonds. The minimum atomic E-state index is -0.955. The van der Waals surface area contributed by atoms with Gasteiger partial charge in [-0.25, -0.2) is 4.79 Å². The molecular weight excluding hydrogens is 260 g/mol. The van der Waals surface area contributed by atoms with Crippen LogP contribution in [0.25, 0.3) is 0 Å². The molecule has 6 nitrogen and oxygen atoms in total. The summed E-state index contributed by atoms with van der Waals surface area (Å²) < 4.78 is 0. The topological polar surface area (TPSA) is 89.9 Å². The lowest BCUT2D eigenvalue weighted by molar-refractivity contribution is -0.137. The third-order valence-electron chi connectivity index (χ3n) is 3.03. The minimum Gasteiger partial charge on any atom is -0.508 e. The highest BCUT2D eigenvalue weighted by Crippen LogP contribution is 2.19. The summed E-state index contributed by atoms with van der Waals surface area (Å²) >= 11 is 0. The van der Waals surface area contributed by atoms with Crippen LogP contribution in [0.1, 0.15) is 20.3 Å². The molecule has 0 saturated carbocycles. The van der Waals surface area contributed by atoms with Gasteiger partial charge in [-0.15, -0.1) is 0 Å². The Morgan fingerprint density at radius 1 is 1.35 bits per heavy atom. The van der Waals surface area contributed by atoms with Crippen LogP contribution < -0.4 is 10.2 Å². The van der Waals surface area contributed by atoms with E-state index in [4.69, 9.17) is 5.11 Å². The average molecular weight is 280 g/mol. The minimum absolute atomic E-state index is 0.00706. The summed E-state index contributed by atoms with van der Waals surface area (Å²) in [4.78, 5) is 24.2. The second-order valence-electron chi connectivity index (χ2n) is 4.98. The van der Waals surface area contributed by atoms with Gasteiger partial charge in [0, 0.05) is 24.8 Å². The smallest absolute Gasteiger partial charge is 0.321 e. The van der Waals surface area contributed by atoms with E-state index in [-0.39, 0.29) is 18.1 Å². The van der Waals surface area contributed by atoms with Gasteiger partial charge in [0.15, 0.2) is 0 Å². The molecule has 1 aromatic carbocycles. The number of phenolic OH excluding ortho intramolecular Hbond substituents is 1. The number of anilines is 1. The van der Waals surface area contributed by atoms with E-state index in [0.29, 0.717) is 5.69 Å². The number of carboxylic acid groups (broad SMARTS) is 1. The molecule has 1 unspecified atom stereocenters. The van der Waals surface area contributed by atoms with Crippen molar-refractivity contribution in [2.45, 2.75) is 26.3 Å². The van der Waals surface area contributed by atoms with E-state index < -0.39 is 18.0 Å². The maximum atomic E-state index is 12.1. The number of carbonyl (C=O) groups excluding carboxylic acids is 1. The third kappa shape index (κ3) is 4.46. The van der Waals surface area contributed by atoms with Crippen LogP contribution in [-0.2, 0) is 4.79 Å². The van der Waals surface area contributed by atoms with E-state index in [1.54, 1.807) is 19.2 Å². The standard InChI is InChI=1S/C14H20N2O4/c1-9(2)12(8-13(18)19)15-14(20)16(3)10-5-4-6-11(17)7-10/h4-7,9,12,17H,8H2,1-3H3,(H,15,20)(H,18,19). The van der Waals surface area contributed by atoms with E-state index in [1.165, 1.54) is 17.0 Å². The number of amides is 2. The van der Waals surface area contributed by atoms with Gasteiger partial charge in [-0.3, -0.25) is 9.69 Å². The van der Waals surface area contributed by atoms with Gasteiger partial charge in [-0.05, 0) is 18.1 Å². The SMILES string of the molecule is CC(C)C(CC(=O)O)NC(=O)N(C)c1cccc(O)c1. The lowest BCUT2D eigenvalue weighted by atomic mass is 10.0. The average Bonchev–Trinajstić information content (AvgIpc) is 2.36. The molecule has 0 heterocycles. The van der Waals surface area contributed by atoms with Crippen LogP contribution in [0.15, 0.2) is 24.3 Å². The van der Waals surface area contributed by atoms with Crippen molar-refractivity contribution in [2.75, 3.05) is 11.9 Å². The largest absolute Gasteiger partial charge is 0.508 e. The highest BCUT2D eigenvalue weighted by Gasteiger charge is 2.21. The zero-order chi connectivity index (χ0) is 15.3. The summed E-state index contributed by atoms with van der Waals surface area (Å²) in [6.45, 7) is 3.70. The number of phenols is 1. The van der Waals surface area contributed by atoms with Crippen molar-refractivity contribution in [3.05, 3.63) is 24.3 Å². The van der Waals surface area contributed by atoms with Crippen molar-refractivity contribution in [3.8, 4) is 5.75 Å². The molecule has 0 bridgehead atoms. The number of nitrogens with one attached hydrogen (secondary N) is 1. The third-order valence-corrected chi connectivity index (χ3v) is 3.03. The van der Waals surface area contributed by atoms with Crippen molar-refractivity contribution in [1.29, 1.82) is 0 Å². The molecule has 1 aromatic rings. The summed E-state index contributed by atoms with van der Waals surface area (Å²) in [5.41, 5.74) is 0.528. The van der Waals surface area contributed by atoms with E-state index in [2.05, 4.69) is 5.32 Å². The summed E-state index contributed by atoms with van der Waals surface area (Å²) in [5.74, 6) is -0.885. The van der Waals surface area contributed by atoms with Crippen LogP contribution in [0.5, 0.6) is 5.75 Å². The number of hydrogen-bond acceptors (Lipinski definition) is 3. The first-order valence-electron chi connectivity index (χ1n) is 6.36. The number of benzene rings is 1. The van der Waals surface area contributed by atoms with Crippen LogP contribution in [0.3, 0.4) is 0 Å². The summed E-state index contributed by atoms with van der Waals surface area (Å²) in [5, 5.41) is 20.9. The molecule has 0 spiro atoms. The Labute approximate surface area is 118 Å². The molecule has 0 fully saturated rings. The van der Waals surface area contributed by atoms with E-state index in [1.807, 2.05) is 13.8 Å². The predicted octanol–water partition coefficient (Wildman–Crippen LogP) is 2.04. The Hall–Kier alpha value is -2.24. The Balaban J connectivity index is 2.75. The molecule has 110 valence electrons. The highest BCUT2D eigenvalue weighted by molar-refractivity contribution is 5.92. The Morgan fingerprint density at radius 2 is 2.00 bits per heavy atom. The molecule has 20 heavy (non-hydrogen) atoms. The maximum absolute atomic E-state index is 12.1. The lowest BCUT2D eigenvalue weighted by Crippen LogP contribution is -2.46. The van der Waals surface area contributed by atoms with Crippen LogP contribution in [0.4, 0.5) is 10.5 Å². The second-order valence-corrected chi connectivity index (χ2v) is 4.98. The van der Waals surface area contributed by atoms with Crippen LogP contribution >= 0.6 is 0 Å². The van der Waals surface area contributed by atoms with Crippen molar-refractivity contribution in [3.63, 3.8) is 0 Å². The van der Waals surface area contributed by atoms with Gasteiger partial charge in [0.25, 0.3) is 0 Å². The predicted molar refractivity (Wildman–Crippen MR) is 75.9 cm³/mol. The van der Waals surface area contributed by atoms with Crippen molar-refractivity contribution in [1.82, 2.24) is 5.32 Å². The number of carbonyl (C=O) groups is 2. The van der Waals surface area contributed by atoms with Gasteiger partial charge in [-0.2, -0.15) is 0 Å². The first-order chi connectivity index (χ1) is 9.31. The molecule has 6 heteroatoms. The molecular formula is C14H20N2O4. The molecule has 0 aliphatic rings. The van der Waals surface area contributed by atoms with Gasteiger partial charge < -0.3 is 15.5 Å². The number of carboxylic acids is 1. The Morgan fingerprint density at radius 3 is 2.50 bits per heavy atom. The number of rotatable bonds is 5. The molecule has 0 aromatic heterocycles. The van der Waals surface area contributed by atoms with Gasteiger partial charge >= 0.3 is 12.0 Å². The molecule has 3 N–H and O–H groups in total. The van der Waals surface area contributed by atoms with Crippen LogP contribution in [-0.4, -0.2) is 35.3 Å². The normalized spacial score (nSPS) is 12.0. The van der Waals surface area contributed by atoms with Crippen molar-refractivity contribution in [2.24, 2.45) is 5.92 Å². The fraction of sp³-hybridized carbons (Fsp3) is 0.429. The monoisotopic (exact) mass is 280 g/mol. The number of aliphatic carboxylic acids is 1. The van der Waals surface area contributed by atoms with Gasteiger partial charge in [0.05, 0.1) is 6.42 Å². The molecule has 0 aliphatic carbocycles. The quantitative estimate of drug-likeness (QED) is 0.770. The number of hydrogen-bond donors (Lipinski definition) is 3. The van der Waals surface area contributed by atoms with Crippen LogP contribution in [0.2, 0.25) is 0 Å². The Bertz CT molecular complexity index is 488. The molecule has 0 aliphatic heterocycles. The van der Waals surface area contributed by atoms with E-state index in [0.717, 1.165) is 0 Å². The van der Waals surface area contributed by atoms with E-state index in [9.17, 15) is 14.7 Å². The summed E-state index contributed by atoms with van der Waals surface area (Å²) in [6, 6.07) is 5.43. The number of aromatic hydroxyl groups is 1. The van der Waals surface area contributed by atoms with Crippen molar-refractivity contribution < 1.29 is 19.8 Å². The highest BCUT2D eigenvalue weighted by atomic mass is 16.4. The zero-order valence-electron chi connectivity index (χ0n) is 11.8. The van der Waals surface area contributed by atoms with E-state index >= 15 is 0 Å². The molecule has 0 saturated heterocycles. The van der Waals surface area contributed by atoms with Gasteiger partial charge in [0.2, 0.25) is 0 Å². The second kappa shape index (κ2) is 6.79.